The van der Waals surface area contributed by atoms with Gasteiger partial charge in [0.1, 0.15) is 17.3 Å². The maximum atomic E-state index is 6.24. The van der Waals surface area contributed by atoms with Gasteiger partial charge >= 0.3 is 0 Å². The Labute approximate surface area is 187 Å². The van der Waals surface area contributed by atoms with E-state index in [2.05, 4.69) is 34.1 Å². The van der Waals surface area contributed by atoms with Crippen molar-refractivity contribution in [2.75, 3.05) is 11.5 Å². The van der Waals surface area contributed by atoms with Crippen molar-refractivity contribution in [3.8, 4) is 33.9 Å². The third-order valence-electron chi connectivity index (χ3n) is 4.86. The number of hydrogen-bond donors (Lipinski definition) is 3. The van der Waals surface area contributed by atoms with Gasteiger partial charge < -0.3 is 21.5 Å². The Kier molecular flexibility index (Phi) is 6.28. The zero-order valence-corrected chi connectivity index (χ0v) is 18.1. The fourth-order valence-electron chi connectivity index (χ4n) is 3.34. The van der Waals surface area contributed by atoms with E-state index in [-0.39, 0.29) is 5.95 Å². The summed E-state index contributed by atoms with van der Waals surface area (Å²) in [5, 5.41) is 3.36. The minimum Gasteiger partial charge on any atom is -0.457 e. The minimum absolute atomic E-state index is 0.144. The molecule has 0 aliphatic carbocycles. The van der Waals surface area contributed by atoms with Crippen molar-refractivity contribution in [3.05, 3.63) is 78.6 Å². The Morgan fingerprint density at radius 2 is 1.62 bits per heavy atom. The first-order chi connectivity index (χ1) is 15.5. The van der Waals surface area contributed by atoms with Crippen LogP contribution in [0.25, 0.3) is 22.4 Å². The molecule has 5 N–H and O–H groups in total. The topological polar surface area (TPSA) is 112 Å². The zero-order valence-electron chi connectivity index (χ0n) is 18.1. The van der Waals surface area contributed by atoms with Crippen LogP contribution in [0.5, 0.6) is 11.5 Å². The van der Waals surface area contributed by atoms with E-state index in [1.165, 1.54) is 0 Å². The SMILES string of the molecule is CC(C)NCc1cc(Oc2ccc(-c3c(N)nc(N)nc3-c3ccccc3)cc2)ccn1. The van der Waals surface area contributed by atoms with Crippen molar-refractivity contribution in [1.82, 2.24) is 20.3 Å². The van der Waals surface area contributed by atoms with Crippen molar-refractivity contribution in [2.45, 2.75) is 26.4 Å². The first kappa shape index (κ1) is 21.3. The van der Waals surface area contributed by atoms with Gasteiger partial charge in [-0.1, -0.05) is 56.3 Å². The van der Waals surface area contributed by atoms with Crippen LogP contribution < -0.4 is 21.5 Å². The number of nitrogens with two attached hydrogens (primary N) is 2. The maximum absolute atomic E-state index is 6.24. The second kappa shape index (κ2) is 9.45. The van der Waals surface area contributed by atoms with Gasteiger partial charge in [-0.3, -0.25) is 4.98 Å². The van der Waals surface area contributed by atoms with E-state index >= 15 is 0 Å². The van der Waals surface area contributed by atoms with Crippen molar-refractivity contribution < 1.29 is 4.74 Å². The molecule has 2 heterocycles. The standard InChI is InChI=1S/C25H26N6O/c1-16(2)29-15-19-14-21(12-13-28-19)32-20-10-8-17(9-11-20)22-23(18-6-4-3-5-7-18)30-25(27)31-24(22)26/h3-14,16,29H,15H2,1-2H3,(H4,26,27,30,31). The number of pyridine rings is 1. The highest BCUT2D eigenvalue weighted by Gasteiger charge is 2.15. The molecule has 0 saturated heterocycles. The van der Waals surface area contributed by atoms with E-state index in [1.54, 1.807) is 6.20 Å². The molecule has 0 radical (unpaired) electrons. The molecule has 7 heteroatoms. The molecule has 0 spiro atoms. The highest BCUT2D eigenvalue weighted by Crippen LogP contribution is 2.36. The molecule has 0 atom stereocenters. The summed E-state index contributed by atoms with van der Waals surface area (Å²) in [7, 11) is 0. The van der Waals surface area contributed by atoms with Crippen molar-refractivity contribution >= 4 is 11.8 Å². The third-order valence-corrected chi connectivity index (χ3v) is 4.86. The Morgan fingerprint density at radius 3 is 2.34 bits per heavy atom. The molecule has 32 heavy (non-hydrogen) atoms. The molecule has 0 aliphatic rings. The molecule has 0 amide bonds. The Morgan fingerprint density at radius 1 is 0.875 bits per heavy atom. The molecule has 162 valence electrons. The Balaban J connectivity index is 1.60. The Hall–Kier alpha value is -3.97. The van der Waals surface area contributed by atoms with Crippen LogP contribution in [0.3, 0.4) is 0 Å². The van der Waals surface area contributed by atoms with Crippen LogP contribution in [-0.4, -0.2) is 21.0 Å². The largest absolute Gasteiger partial charge is 0.457 e. The van der Waals surface area contributed by atoms with Crippen LogP contribution in [0.15, 0.2) is 72.9 Å². The van der Waals surface area contributed by atoms with Gasteiger partial charge in [0.2, 0.25) is 5.95 Å². The fraction of sp³-hybridized carbons (Fsp3) is 0.160. The van der Waals surface area contributed by atoms with Gasteiger partial charge in [-0.05, 0) is 23.8 Å². The zero-order chi connectivity index (χ0) is 22.5. The lowest BCUT2D eigenvalue weighted by Crippen LogP contribution is -2.22. The number of ether oxygens (including phenoxy) is 1. The summed E-state index contributed by atoms with van der Waals surface area (Å²) >= 11 is 0. The quantitative estimate of drug-likeness (QED) is 0.394. The second-order valence-corrected chi connectivity index (χ2v) is 7.70. The van der Waals surface area contributed by atoms with E-state index in [0.717, 1.165) is 28.1 Å². The lowest BCUT2D eigenvalue weighted by Gasteiger charge is -2.13. The number of hydrogen-bond acceptors (Lipinski definition) is 7. The number of rotatable bonds is 7. The minimum atomic E-state index is 0.144. The first-order valence-corrected chi connectivity index (χ1v) is 10.4. The lowest BCUT2D eigenvalue weighted by molar-refractivity contribution is 0.479. The summed E-state index contributed by atoms with van der Waals surface area (Å²) in [5.74, 6) is 1.92. The molecular weight excluding hydrogens is 400 g/mol. The molecule has 2 aromatic heterocycles. The summed E-state index contributed by atoms with van der Waals surface area (Å²) in [4.78, 5) is 13.0. The van der Waals surface area contributed by atoms with E-state index in [4.69, 9.17) is 16.2 Å². The van der Waals surface area contributed by atoms with Crippen molar-refractivity contribution in [3.63, 3.8) is 0 Å². The van der Waals surface area contributed by atoms with Gasteiger partial charge in [0.05, 0.1) is 17.0 Å². The van der Waals surface area contributed by atoms with Crippen LogP contribution in [0.1, 0.15) is 19.5 Å². The lowest BCUT2D eigenvalue weighted by atomic mass is 9.99. The number of benzene rings is 2. The van der Waals surface area contributed by atoms with Gasteiger partial charge in [0, 0.05) is 30.4 Å². The molecule has 0 bridgehead atoms. The fourth-order valence-corrected chi connectivity index (χ4v) is 3.34. The molecule has 0 saturated carbocycles. The van der Waals surface area contributed by atoms with E-state index < -0.39 is 0 Å². The van der Waals surface area contributed by atoms with Gasteiger partial charge in [-0.25, -0.2) is 4.98 Å². The molecular formula is C25H26N6O. The summed E-state index contributed by atoms with van der Waals surface area (Å²) in [6, 6.07) is 21.6. The van der Waals surface area contributed by atoms with E-state index in [9.17, 15) is 0 Å². The number of nitrogens with zero attached hydrogens (tertiary/aromatic N) is 3. The highest BCUT2D eigenvalue weighted by atomic mass is 16.5. The number of aromatic nitrogens is 3. The molecule has 0 aliphatic heterocycles. The summed E-state index contributed by atoms with van der Waals surface area (Å²) in [5.41, 5.74) is 16.3. The normalized spacial score (nSPS) is 11.0. The van der Waals surface area contributed by atoms with Gasteiger partial charge in [-0.2, -0.15) is 4.98 Å². The maximum Gasteiger partial charge on any atom is 0.222 e. The highest BCUT2D eigenvalue weighted by molar-refractivity contribution is 5.88. The van der Waals surface area contributed by atoms with E-state index in [1.807, 2.05) is 66.7 Å². The van der Waals surface area contributed by atoms with Gasteiger partial charge in [0.25, 0.3) is 0 Å². The Bertz CT molecular complexity index is 1190. The molecule has 0 unspecified atom stereocenters. The van der Waals surface area contributed by atoms with Crippen LogP contribution in [0, 0.1) is 0 Å². The molecule has 7 nitrogen and oxygen atoms in total. The molecule has 2 aromatic carbocycles. The molecule has 0 fully saturated rings. The third kappa shape index (κ3) is 5.01. The van der Waals surface area contributed by atoms with Crippen LogP contribution in [-0.2, 0) is 6.54 Å². The molecule has 4 rings (SSSR count). The number of nitrogen functional groups attached to an aromatic ring is 2. The number of nitrogens with one attached hydrogen (secondary N) is 1. The van der Waals surface area contributed by atoms with Crippen molar-refractivity contribution in [1.29, 1.82) is 0 Å². The summed E-state index contributed by atoms with van der Waals surface area (Å²) in [6.45, 7) is 4.89. The van der Waals surface area contributed by atoms with Crippen LogP contribution >= 0.6 is 0 Å². The average molecular weight is 427 g/mol. The van der Waals surface area contributed by atoms with Crippen molar-refractivity contribution in [2.24, 2.45) is 0 Å². The van der Waals surface area contributed by atoms with Crippen LogP contribution in [0.4, 0.5) is 11.8 Å². The van der Waals surface area contributed by atoms with E-state index in [0.29, 0.717) is 29.8 Å². The van der Waals surface area contributed by atoms with Crippen LogP contribution in [0.2, 0.25) is 0 Å². The monoisotopic (exact) mass is 426 g/mol. The van der Waals surface area contributed by atoms with Gasteiger partial charge in [-0.15, -0.1) is 0 Å². The van der Waals surface area contributed by atoms with Gasteiger partial charge in [0.15, 0.2) is 0 Å². The average Bonchev–Trinajstić information content (AvgIpc) is 2.79. The molecule has 4 aromatic rings. The first-order valence-electron chi connectivity index (χ1n) is 10.4. The summed E-state index contributed by atoms with van der Waals surface area (Å²) < 4.78 is 6.03. The number of anilines is 2. The smallest absolute Gasteiger partial charge is 0.222 e. The predicted molar refractivity (Wildman–Crippen MR) is 128 cm³/mol. The second-order valence-electron chi connectivity index (χ2n) is 7.70. The summed E-state index contributed by atoms with van der Waals surface area (Å²) in [6.07, 6.45) is 1.75. The predicted octanol–water partition coefficient (Wildman–Crippen LogP) is 4.66.